The zero-order valence-corrected chi connectivity index (χ0v) is 15.4. The molecule has 0 fully saturated rings. The number of anilines is 1. The molecule has 1 aliphatic rings. The highest BCUT2D eigenvalue weighted by Crippen LogP contribution is 2.38. The van der Waals surface area contributed by atoms with Crippen LogP contribution < -0.4 is 19.5 Å². The van der Waals surface area contributed by atoms with Crippen molar-refractivity contribution in [2.45, 2.75) is 16.9 Å². The molecule has 0 spiro atoms. The van der Waals surface area contributed by atoms with E-state index in [0.29, 0.717) is 0 Å². The largest absolute Gasteiger partial charge is 0.480 e. The Bertz CT molecular complexity index is 837. The molecule has 0 aliphatic carbocycles. The number of carbonyl (C=O) groups is 2. The van der Waals surface area contributed by atoms with E-state index in [1.54, 1.807) is 4.72 Å². The Hall–Kier alpha value is -2.61. The van der Waals surface area contributed by atoms with E-state index in [4.69, 9.17) is 9.47 Å². The lowest BCUT2D eigenvalue weighted by Crippen LogP contribution is -2.53. The number of methoxy groups -OCH3 is 2. The van der Waals surface area contributed by atoms with Gasteiger partial charge in [-0.1, -0.05) is 6.08 Å². The average molecular weight is 405 g/mol. The van der Waals surface area contributed by atoms with Gasteiger partial charge in [-0.3, -0.25) is 10.1 Å². The van der Waals surface area contributed by atoms with E-state index in [0.717, 1.165) is 11.8 Å². The summed E-state index contributed by atoms with van der Waals surface area (Å²) in [6.07, 6.45) is 1.21. The SMILES string of the molecule is COc1nc(NC(=O)NS(=O)(=O)C2(C)C=CSC2C(=O)O)nc(OC)n1. The lowest BCUT2D eigenvalue weighted by Gasteiger charge is -2.26. The summed E-state index contributed by atoms with van der Waals surface area (Å²) in [5.41, 5.74) is 0. The van der Waals surface area contributed by atoms with Gasteiger partial charge in [-0.05, 0) is 12.3 Å². The number of thioether (sulfide) groups is 1. The van der Waals surface area contributed by atoms with E-state index in [9.17, 15) is 23.1 Å². The van der Waals surface area contributed by atoms with Crippen LogP contribution in [-0.2, 0) is 14.8 Å². The monoisotopic (exact) mass is 405 g/mol. The Kier molecular flexibility index (Phi) is 5.56. The van der Waals surface area contributed by atoms with Crippen LogP contribution >= 0.6 is 11.8 Å². The number of hydrogen-bond donors (Lipinski definition) is 3. The fourth-order valence-electron chi connectivity index (χ4n) is 1.94. The fourth-order valence-corrected chi connectivity index (χ4v) is 4.71. The number of carboxylic acid groups (broad SMARTS) is 1. The number of urea groups is 1. The van der Waals surface area contributed by atoms with Gasteiger partial charge in [0.05, 0.1) is 14.2 Å². The van der Waals surface area contributed by atoms with Gasteiger partial charge in [0.2, 0.25) is 16.0 Å². The average Bonchev–Trinajstić information content (AvgIpc) is 2.97. The Morgan fingerprint density at radius 2 is 1.81 bits per heavy atom. The number of rotatable bonds is 6. The number of nitrogens with zero attached hydrogens (tertiary/aromatic N) is 3. The second-order valence-corrected chi connectivity index (χ2v) is 8.14. The zero-order valence-electron chi connectivity index (χ0n) is 13.8. The molecule has 14 heteroatoms. The van der Waals surface area contributed by atoms with E-state index in [-0.39, 0.29) is 18.0 Å². The van der Waals surface area contributed by atoms with Crippen molar-refractivity contribution in [1.29, 1.82) is 0 Å². The molecule has 1 aliphatic heterocycles. The summed E-state index contributed by atoms with van der Waals surface area (Å²) in [4.78, 5) is 34.5. The molecule has 0 radical (unpaired) electrons. The Morgan fingerprint density at radius 3 is 2.31 bits per heavy atom. The quantitative estimate of drug-likeness (QED) is 0.573. The lowest BCUT2D eigenvalue weighted by atomic mass is 10.1. The van der Waals surface area contributed by atoms with Crippen molar-refractivity contribution in [1.82, 2.24) is 19.7 Å². The summed E-state index contributed by atoms with van der Waals surface area (Å²) < 4.78 is 34.6. The van der Waals surface area contributed by atoms with Gasteiger partial charge in [-0.15, -0.1) is 16.7 Å². The summed E-state index contributed by atoms with van der Waals surface area (Å²) in [5.74, 6) is -1.64. The first kappa shape index (κ1) is 19.7. The molecule has 2 unspecified atom stereocenters. The third-order valence-corrected chi connectivity index (χ3v) is 6.74. The highest BCUT2D eigenvalue weighted by atomic mass is 32.2. The molecular formula is C12H15N5O7S2. The maximum Gasteiger partial charge on any atom is 0.335 e. The number of carbonyl (C=O) groups excluding carboxylic acids is 1. The first-order valence-corrected chi connectivity index (χ1v) is 9.29. The summed E-state index contributed by atoms with van der Waals surface area (Å²) in [5, 5.41) is 11.3. The molecule has 2 atom stereocenters. The van der Waals surface area contributed by atoms with E-state index in [1.807, 2.05) is 0 Å². The number of aromatic nitrogens is 3. The summed E-state index contributed by atoms with van der Waals surface area (Å²) in [6, 6.07) is -1.51. The zero-order chi connectivity index (χ0) is 19.5. The fraction of sp³-hybridized carbons (Fsp3) is 0.417. The molecule has 12 nitrogen and oxygen atoms in total. The molecule has 0 aromatic carbocycles. The lowest BCUT2D eigenvalue weighted by molar-refractivity contribution is -0.136. The maximum absolute atomic E-state index is 12.5. The Labute approximate surface area is 152 Å². The smallest absolute Gasteiger partial charge is 0.335 e. The Balaban J connectivity index is 2.19. The van der Waals surface area contributed by atoms with E-state index < -0.39 is 32.0 Å². The van der Waals surface area contributed by atoms with E-state index >= 15 is 0 Å². The van der Waals surface area contributed by atoms with Crippen molar-refractivity contribution < 1.29 is 32.6 Å². The highest BCUT2D eigenvalue weighted by Gasteiger charge is 2.51. The first-order chi connectivity index (χ1) is 12.1. The van der Waals surface area contributed by atoms with Crippen LogP contribution in [0.3, 0.4) is 0 Å². The summed E-state index contributed by atoms with van der Waals surface area (Å²) >= 11 is 0.828. The molecule has 3 N–H and O–H groups in total. The van der Waals surface area contributed by atoms with Crippen molar-refractivity contribution in [2.24, 2.45) is 0 Å². The van der Waals surface area contributed by atoms with Gasteiger partial charge in [0.1, 0.15) is 10.00 Å². The Morgan fingerprint density at radius 1 is 1.23 bits per heavy atom. The van der Waals surface area contributed by atoms with Gasteiger partial charge >= 0.3 is 24.0 Å². The standard InChI is InChI=1S/C12H15N5O7S2/c1-12(4-5-25-6(12)7(18)19)26(21,22)17-9(20)13-8-14-10(23-2)16-11(15-8)24-3/h4-6H,1-3H3,(H,18,19)(H2,13,14,15,16,17,20). The van der Waals surface area contributed by atoms with Crippen molar-refractivity contribution in [3.05, 3.63) is 11.5 Å². The normalized spacial score (nSPS) is 21.9. The van der Waals surface area contributed by atoms with Crippen molar-refractivity contribution in [3.63, 3.8) is 0 Å². The van der Waals surface area contributed by atoms with Crippen LogP contribution in [0, 0.1) is 0 Å². The number of hydrogen-bond acceptors (Lipinski definition) is 10. The van der Waals surface area contributed by atoms with E-state index in [2.05, 4.69) is 20.3 Å². The predicted octanol–water partition coefficient (Wildman–Crippen LogP) is -0.187. The minimum atomic E-state index is -4.39. The third kappa shape index (κ3) is 3.80. The van der Waals surface area contributed by atoms with E-state index in [1.165, 1.54) is 32.6 Å². The topological polar surface area (TPSA) is 170 Å². The predicted molar refractivity (Wildman–Crippen MR) is 90.6 cm³/mol. The van der Waals surface area contributed by atoms with Gasteiger partial charge in [0.15, 0.2) is 0 Å². The molecule has 1 aromatic heterocycles. The number of aliphatic carboxylic acids is 1. The van der Waals surface area contributed by atoms with Crippen LogP contribution in [-0.4, -0.2) is 64.7 Å². The second-order valence-electron chi connectivity index (χ2n) is 5.03. The van der Waals surface area contributed by atoms with Crippen LogP contribution in [0.5, 0.6) is 12.0 Å². The molecule has 2 amide bonds. The van der Waals surface area contributed by atoms with Crippen LogP contribution in [0.25, 0.3) is 0 Å². The minimum Gasteiger partial charge on any atom is -0.480 e. The van der Waals surface area contributed by atoms with Gasteiger partial charge in [0, 0.05) is 0 Å². The van der Waals surface area contributed by atoms with Crippen molar-refractivity contribution in [3.8, 4) is 12.0 Å². The molecule has 0 bridgehead atoms. The van der Waals surface area contributed by atoms with Gasteiger partial charge < -0.3 is 14.6 Å². The summed E-state index contributed by atoms with van der Waals surface area (Å²) in [7, 11) is -1.83. The molecule has 1 aromatic rings. The summed E-state index contributed by atoms with van der Waals surface area (Å²) in [6.45, 7) is 1.20. The van der Waals surface area contributed by atoms with Crippen molar-refractivity contribution in [2.75, 3.05) is 19.5 Å². The van der Waals surface area contributed by atoms with Gasteiger partial charge in [-0.2, -0.15) is 9.97 Å². The number of sulfonamides is 1. The van der Waals surface area contributed by atoms with Crippen LogP contribution in [0.15, 0.2) is 11.5 Å². The molecule has 2 rings (SSSR count). The molecule has 142 valence electrons. The molecule has 26 heavy (non-hydrogen) atoms. The first-order valence-electron chi connectivity index (χ1n) is 6.86. The van der Waals surface area contributed by atoms with Crippen LogP contribution in [0.4, 0.5) is 10.7 Å². The number of amides is 2. The van der Waals surface area contributed by atoms with Gasteiger partial charge in [-0.25, -0.2) is 17.9 Å². The molecule has 2 heterocycles. The number of nitrogens with one attached hydrogen (secondary N) is 2. The highest BCUT2D eigenvalue weighted by molar-refractivity contribution is 8.05. The second kappa shape index (κ2) is 7.33. The van der Waals surface area contributed by atoms with Gasteiger partial charge in [0.25, 0.3) is 0 Å². The van der Waals surface area contributed by atoms with Crippen LogP contribution in [0.1, 0.15) is 6.92 Å². The maximum atomic E-state index is 12.5. The number of carboxylic acids is 1. The van der Waals surface area contributed by atoms with Crippen LogP contribution in [0.2, 0.25) is 0 Å². The minimum absolute atomic E-state index is 0.164. The molecule has 0 saturated carbocycles. The molecular weight excluding hydrogens is 390 g/mol. The number of ether oxygens (including phenoxy) is 2. The van der Waals surface area contributed by atoms with Crippen molar-refractivity contribution >= 4 is 39.7 Å². The third-order valence-electron chi connectivity index (χ3n) is 3.35. The molecule has 0 saturated heterocycles.